The molecule has 0 radical (unpaired) electrons. The minimum absolute atomic E-state index is 0.0954. The van der Waals surface area contributed by atoms with E-state index in [9.17, 15) is 4.79 Å². The molecule has 3 rings (SSSR count). The van der Waals surface area contributed by atoms with Gasteiger partial charge in [-0.2, -0.15) is 4.98 Å². The van der Waals surface area contributed by atoms with E-state index >= 15 is 0 Å². The van der Waals surface area contributed by atoms with Gasteiger partial charge in [-0.25, -0.2) is 0 Å². The lowest BCUT2D eigenvalue weighted by Crippen LogP contribution is -2.37. The molecular formula is C20H20ClN3O4. The van der Waals surface area contributed by atoms with Crippen LogP contribution < -0.4 is 14.8 Å². The first-order valence-corrected chi connectivity index (χ1v) is 9.14. The Balaban J connectivity index is 1.61. The van der Waals surface area contributed by atoms with Crippen molar-refractivity contribution in [2.24, 2.45) is 0 Å². The maximum Gasteiger partial charge on any atom is 0.261 e. The number of rotatable bonds is 8. The van der Waals surface area contributed by atoms with E-state index in [1.54, 1.807) is 37.4 Å². The SMILES string of the molecule is CC[C@@H](Oc1ccccc1Cl)C(=O)NCc1nc(-c2cccc(OC)c2)no1. The van der Waals surface area contributed by atoms with E-state index in [1.165, 1.54) is 0 Å². The zero-order chi connectivity index (χ0) is 19.9. The number of para-hydroxylation sites is 1. The normalized spacial score (nSPS) is 11.7. The number of carbonyl (C=O) groups excluding carboxylic acids is 1. The molecule has 1 aromatic heterocycles. The molecule has 1 atom stereocenters. The summed E-state index contributed by atoms with van der Waals surface area (Å²) in [5.41, 5.74) is 0.758. The van der Waals surface area contributed by atoms with E-state index in [-0.39, 0.29) is 12.5 Å². The first kappa shape index (κ1) is 19.7. The second-order valence-corrected chi connectivity index (χ2v) is 6.31. The Kier molecular flexibility index (Phi) is 6.49. The average Bonchev–Trinajstić information content (AvgIpc) is 3.20. The molecule has 0 spiro atoms. The van der Waals surface area contributed by atoms with E-state index in [4.69, 9.17) is 25.6 Å². The van der Waals surface area contributed by atoms with Crippen molar-refractivity contribution in [3.8, 4) is 22.9 Å². The molecule has 1 amide bonds. The monoisotopic (exact) mass is 401 g/mol. The summed E-state index contributed by atoms with van der Waals surface area (Å²) in [5.74, 6) is 1.58. The number of amides is 1. The fourth-order valence-corrected chi connectivity index (χ4v) is 2.68. The first-order chi connectivity index (χ1) is 13.6. The van der Waals surface area contributed by atoms with Crippen molar-refractivity contribution in [1.29, 1.82) is 0 Å². The molecule has 146 valence electrons. The van der Waals surface area contributed by atoms with Gasteiger partial charge in [-0.1, -0.05) is 47.9 Å². The highest BCUT2D eigenvalue weighted by molar-refractivity contribution is 6.32. The minimum Gasteiger partial charge on any atom is -0.497 e. The third-order valence-corrected chi connectivity index (χ3v) is 4.29. The molecule has 2 aromatic carbocycles. The highest BCUT2D eigenvalue weighted by Gasteiger charge is 2.20. The summed E-state index contributed by atoms with van der Waals surface area (Å²) in [6.07, 6.45) is -0.198. The third-order valence-electron chi connectivity index (χ3n) is 3.98. The Morgan fingerprint density at radius 3 is 2.82 bits per heavy atom. The van der Waals surface area contributed by atoms with E-state index in [0.29, 0.717) is 34.7 Å². The lowest BCUT2D eigenvalue weighted by Gasteiger charge is -2.17. The zero-order valence-corrected chi connectivity index (χ0v) is 16.3. The van der Waals surface area contributed by atoms with Crippen LogP contribution in [0.15, 0.2) is 53.1 Å². The van der Waals surface area contributed by atoms with Crippen LogP contribution in [0.4, 0.5) is 0 Å². The summed E-state index contributed by atoms with van der Waals surface area (Å²) in [7, 11) is 1.59. The van der Waals surface area contributed by atoms with E-state index in [0.717, 1.165) is 5.56 Å². The maximum absolute atomic E-state index is 12.4. The Bertz CT molecular complexity index is 944. The molecule has 28 heavy (non-hydrogen) atoms. The van der Waals surface area contributed by atoms with Gasteiger partial charge in [0, 0.05) is 5.56 Å². The summed E-state index contributed by atoms with van der Waals surface area (Å²) in [5, 5.41) is 7.14. The number of hydrogen-bond donors (Lipinski definition) is 1. The number of nitrogens with one attached hydrogen (secondary N) is 1. The summed E-state index contributed by atoms with van der Waals surface area (Å²) in [4.78, 5) is 16.7. The van der Waals surface area contributed by atoms with Gasteiger partial charge in [0.1, 0.15) is 11.5 Å². The molecule has 7 nitrogen and oxygen atoms in total. The van der Waals surface area contributed by atoms with Crippen molar-refractivity contribution < 1.29 is 18.8 Å². The summed E-state index contributed by atoms with van der Waals surface area (Å²) in [6.45, 7) is 1.95. The van der Waals surface area contributed by atoms with Crippen molar-refractivity contribution in [2.75, 3.05) is 7.11 Å². The van der Waals surface area contributed by atoms with Crippen LogP contribution in [0.25, 0.3) is 11.4 Å². The van der Waals surface area contributed by atoms with Crippen LogP contribution in [-0.4, -0.2) is 29.3 Å². The molecule has 8 heteroatoms. The summed E-state index contributed by atoms with van der Waals surface area (Å²) in [6, 6.07) is 14.3. The van der Waals surface area contributed by atoms with Crippen LogP contribution >= 0.6 is 11.6 Å². The molecule has 1 N–H and O–H groups in total. The molecule has 0 unspecified atom stereocenters. The molecule has 0 fully saturated rings. The summed E-state index contributed by atoms with van der Waals surface area (Å²) < 4.78 is 16.1. The highest BCUT2D eigenvalue weighted by Crippen LogP contribution is 2.25. The molecule has 0 aliphatic heterocycles. The van der Waals surface area contributed by atoms with Crippen LogP contribution in [0, 0.1) is 0 Å². The van der Waals surface area contributed by atoms with E-state index < -0.39 is 6.10 Å². The van der Waals surface area contributed by atoms with Gasteiger partial charge < -0.3 is 19.3 Å². The Hall–Kier alpha value is -3.06. The molecule has 0 saturated carbocycles. The number of methoxy groups -OCH3 is 1. The smallest absolute Gasteiger partial charge is 0.261 e. The van der Waals surface area contributed by atoms with Gasteiger partial charge in [-0.05, 0) is 30.7 Å². The van der Waals surface area contributed by atoms with Crippen molar-refractivity contribution in [1.82, 2.24) is 15.5 Å². The third kappa shape index (κ3) is 4.80. The van der Waals surface area contributed by atoms with Crippen LogP contribution in [-0.2, 0) is 11.3 Å². The van der Waals surface area contributed by atoms with E-state index in [2.05, 4.69) is 15.5 Å². The van der Waals surface area contributed by atoms with Gasteiger partial charge in [0.2, 0.25) is 11.7 Å². The predicted octanol–water partition coefficient (Wildman–Crippen LogP) is 3.87. The topological polar surface area (TPSA) is 86.5 Å². The molecule has 3 aromatic rings. The van der Waals surface area contributed by atoms with Gasteiger partial charge in [-0.3, -0.25) is 4.79 Å². The maximum atomic E-state index is 12.4. The lowest BCUT2D eigenvalue weighted by molar-refractivity contribution is -0.128. The number of aromatic nitrogens is 2. The molecule has 1 heterocycles. The summed E-state index contributed by atoms with van der Waals surface area (Å²) >= 11 is 6.09. The number of nitrogens with zero attached hydrogens (tertiary/aromatic N) is 2. The van der Waals surface area contributed by atoms with Gasteiger partial charge in [0.25, 0.3) is 5.91 Å². The van der Waals surface area contributed by atoms with Gasteiger partial charge in [-0.15, -0.1) is 0 Å². The highest BCUT2D eigenvalue weighted by atomic mass is 35.5. The zero-order valence-electron chi connectivity index (χ0n) is 15.5. The minimum atomic E-state index is -0.680. The molecule has 0 aliphatic carbocycles. The first-order valence-electron chi connectivity index (χ1n) is 8.76. The van der Waals surface area contributed by atoms with E-state index in [1.807, 2.05) is 25.1 Å². The van der Waals surface area contributed by atoms with Crippen LogP contribution in [0.3, 0.4) is 0 Å². The van der Waals surface area contributed by atoms with Crippen LogP contribution in [0.5, 0.6) is 11.5 Å². The average molecular weight is 402 g/mol. The number of ether oxygens (including phenoxy) is 2. The lowest BCUT2D eigenvalue weighted by atomic mass is 10.2. The van der Waals surface area contributed by atoms with Crippen molar-refractivity contribution in [3.05, 3.63) is 59.4 Å². The largest absolute Gasteiger partial charge is 0.497 e. The fraction of sp³-hybridized carbons (Fsp3) is 0.250. The Labute approximate surface area is 167 Å². The van der Waals surface area contributed by atoms with Crippen molar-refractivity contribution >= 4 is 17.5 Å². The van der Waals surface area contributed by atoms with Gasteiger partial charge >= 0.3 is 0 Å². The number of hydrogen-bond acceptors (Lipinski definition) is 6. The van der Waals surface area contributed by atoms with Crippen molar-refractivity contribution in [2.45, 2.75) is 26.0 Å². The van der Waals surface area contributed by atoms with Crippen LogP contribution in [0.1, 0.15) is 19.2 Å². The molecule has 0 bridgehead atoms. The number of carbonyl (C=O) groups is 1. The number of benzene rings is 2. The van der Waals surface area contributed by atoms with Crippen LogP contribution in [0.2, 0.25) is 5.02 Å². The Morgan fingerprint density at radius 2 is 2.07 bits per heavy atom. The van der Waals surface area contributed by atoms with Crippen molar-refractivity contribution in [3.63, 3.8) is 0 Å². The Morgan fingerprint density at radius 1 is 1.25 bits per heavy atom. The second-order valence-electron chi connectivity index (χ2n) is 5.91. The second kappa shape index (κ2) is 9.23. The fourth-order valence-electron chi connectivity index (χ4n) is 2.50. The number of halogens is 1. The quantitative estimate of drug-likeness (QED) is 0.616. The molecule has 0 aliphatic rings. The van der Waals surface area contributed by atoms with Gasteiger partial charge in [0.05, 0.1) is 18.7 Å². The molecule has 0 saturated heterocycles. The standard InChI is InChI=1S/C20H20ClN3O4/c1-3-16(27-17-10-5-4-9-15(17)21)20(25)22-12-18-23-19(24-28-18)13-7-6-8-14(11-13)26-2/h4-11,16H,3,12H2,1-2H3,(H,22,25)/t16-/m1/s1. The molecular weight excluding hydrogens is 382 g/mol. The van der Waals surface area contributed by atoms with Gasteiger partial charge in [0.15, 0.2) is 6.10 Å². The predicted molar refractivity (Wildman–Crippen MR) is 104 cm³/mol.